The molecule has 1 amide bonds. The summed E-state index contributed by atoms with van der Waals surface area (Å²) in [6.07, 6.45) is 0. The maximum Gasteiger partial charge on any atom is 0.254 e. The summed E-state index contributed by atoms with van der Waals surface area (Å²) in [7, 11) is 1.59. The van der Waals surface area contributed by atoms with E-state index in [1.54, 1.807) is 25.3 Å². The lowest BCUT2D eigenvalue weighted by molar-refractivity contribution is 0.0947. The van der Waals surface area contributed by atoms with E-state index in [1.165, 1.54) is 12.1 Å². The number of nitrogens with one attached hydrogen (secondary N) is 1. The lowest BCUT2D eigenvalue weighted by Gasteiger charge is -2.07. The Morgan fingerprint density at radius 1 is 1.25 bits per heavy atom. The number of ether oxygens (including phenoxy) is 1. The highest BCUT2D eigenvalue weighted by molar-refractivity contribution is 9.10. The molecule has 0 saturated carbocycles. The summed E-state index contributed by atoms with van der Waals surface area (Å²) in [5.74, 6) is -0.238. The summed E-state index contributed by atoms with van der Waals surface area (Å²) in [5.41, 5.74) is 0.933. The standard InChI is InChI=1S/C15H13BrFNO2/c1-20-12-5-2-10(3-6-12)9-18-15(19)13-8-11(16)4-7-14(13)17/h2-8H,9H2,1H3,(H,18,19). The Morgan fingerprint density at radius 3 is 2.60 bits per heavy atom. The van der Waals surface area contributed by atoms with Gasteiger partial charge >= 0.3 is 0 Å². The third-order valence-corrected chi connectivity index (χ3v) is 3.28. The fraction of sp³-hybridized carbons (Fsp3) is 0.133. The van der Waals surface area contributed by atoms with Crippen LogP contribution in [-0.2, 0) is 6.54 Å². The van der Waals surface area contributed by atoms with Crippen LogP contribution in [0, 0.1) is 5.82 Å². The van der Waals surface area contributed by atoms with Gasteiger partial charge < -0.3 is 10.1 Å². The van der Waals surface area contributed by atoms with Crippen LogP contribution in [0.15, 0.2) is 46.9 Å². The smallest absolute Gasteiger partial charge is 0.254 e. The Bertz CT molecular complexity index is 614. The number of carbonyl (C=O) groups is 1. The maximum absolute atomic E-state index is 13.5. The molecule has 0 aliphatic heterocycles. The van der Waals surface area contributed by atoms with Crippen molar-refractivity contribution in [3.05, 3.63) is 63.9 Å². The third kappa shape index (κ3) is 3.57. The lowest BCUT2D eigenvalue weighted by Crippen LogP contribution is -2.23. The average molecular weight is 338 g/mol. The van der Waals surface area contributed by atoms with Gasteiger partial charge in [-0.05, 0) is 35.9 Å². The van der Waals surface area contributed by atoms with Gasteiger partial charge in [-0.2, -0.15) is 0 Å². The van der Waals surface area contributed by atoms with Crippen LogP contribution < -0.4 is 10.1 Å². The normalized spacial score (nSPS) is 10.2. The predicted octanol–water partition coefficient (Wildman–Crippen LogP) is 3.53. The van der Waals surface area contributed by atoms with E-state index in [2.05, 4.69) is 21.2 Å². The van der Waals surface area contributed by atoms with E-state index in [0.29, 0.717) is 11.0 Å². The summed E-state index contributed by atoms with van der Waals surface area (Å²) in [5, 5.41) is 2.68. The number of rotatable bonds is 4. The van der Waals surface area contributed by atoms with Gasteiger partial charge in [-0.15, -0.1) is 0 Å². The topological polar surface area (TPSA) is 38.3 Å². The number of hydrogen-bond donors (Lipinski definition) is 1. The minimum atomic E-state index is -0.541. The second kappa shape index (κ2) is 6.52. The van der Waals surface area contributed by atoms with Crippen molar-refractivity contribution in [1.82, 2.24) is 5.32 Å². The van der Waals surface area contributed by atoms with Crippen LogP contribution >= 0.6 is 15.9 Å². The van der Waals surface area contributed by atoms with E-state index in [9.17, 15) is 9.18 Å². The molecular formula is C15H13BrFNO2. The molecule has 0 aliphatic rings. The Hall–Kier alpha value is -1.88. The number of hydrogen-bond acceptors (Lipinski definition) is 2. The molecule has 0 bridgehead atoms. The first-order valence-electron chi connectivity index (χ1n) is 5.96. The average Bonchev–Trinajstić information content (AvgIpc) is 2.47. The number of halogens is 2. The van der Waals surface area contributed by atoms with Crippen molar-refractivity contribution in [2.75, 3.05) is 7.11 Å². The second-order valence-electron chi connectivity index (χ2n) is 4.15. The highest BCUT2D eigenvalue weighted by Gasteiger charge is 2.11. The zero-order valence-corrected chi connectivity index (χ0v) is 12.4. The van der Waals surface area contributed by atoms with Crippen LogP contribution in [0.5, 0.6) is 5.75 Å². The number of methoxy groups -OCH3 is 1. The second-order valence-corrected chi connectivity index (χ2v) is 5.07. The molecule has 3 nitrogen and oxygen atoms in total. The summed E-state index contributed by atoms with van der Waals surface area (Å²) in [6.45, 7) is 0.328. The quantitative estimate of drug-likeness (QED) is 0.926. The Morgan fingerprint density at radius 2 is 1.95 bits per heavy atom. The molecule has 1 N–H and O–H groups in total. The molecule has 104 valence electrons. The molecule has 20 heavy (non-hydrogen) atoms. The van der Waals surface area contributed by atoms with Crippen LogP contribution in [-0.4, -0.2) is 13.0 Å². The highest BCUT2D eigenvalue weighted by Crippen LogP contribution is 2.16. The first-order chi connectivity index (χ1) is 9.60. The molecule has 2 aromatic rings. The van der Waals surface area contributed by atoms with Crippen LogP contribution in [0.1, 0.15) is 15.9 Å². The molecule has 0 fully saturated rings. The number of carbonyl (C=O) groups excluding carboxylic acids is 1. The predicted molar refractivity (Wildman–Crippen MR) is 78.3 cm³/mol. The van der Waals surface area contributed by atoms with Crippen molar-refractivity contribution in [2.45, 2.75) is 6.54 Å². The molecule has 0 unspecified atom stereocenters. The van der Waals surface area contributed by atoms with E-state index in [4.69, 9.17) is 4.74 Å². The fourth-order valence-corrected chi connectivity index (χ4v) is 2.05. The van der Waals surface area contributed by atoms with E-state index in [1.807, 2.05) is 12.1 Å². The first-order valence-corrected chi connectivity index (χ1v) is 6.75. The molecule has 0 aromatic heterocycles. The largest absolute Gasteiger partial charge is 0.497 e. The van der Waals surface area contributed by atoms with Gasteiger partial charge in [-0.3, -0.25) is 4.79 Å². The number of benzene rings is 2. The molecule has 0 saturated heterocycles. The molecule has 0 spiro atoms. The molecular weight excluding hydrogens is 325 g/mol. The van der Waals surface area contributed by atoms with Crippen molar-refractivity contribution in [1.29, 1.82) is 0 Å². The SMILES string of the molecule is COc1ccc(CNC(=O)c2cc(Br)ccc2F)cc1. The molecule has 5 heteroatoms. The molecule has 2 rings (SSSR count). The zero-order chi connectivity index (χ0) is 14.5. The van der Waals surface area contributed by atoms with Crippen LogP contribution in [0.25, 0.3) is 0 Å². The van der Waals surface area contributed by atoms with E-state index < -0.39 is 11.7 Å². The third-order valence-electron chi connectivity index (χ3n) is 2.79. The van der Waals surface area contributed by atoms with Crippen LogP contribution in [0.2, 0.25) is 0 Å². The first kappa shape index (κ1) is 14.5. The van der Waals surface area contributed by atoms with Gasteiger partial charge in [0.15, 0.2) is 0 Å². The summed E-state index contributed by atoms with van der Waals surface area (Å²) in [4.78, 5) is 11.9. The lowest BCUT2D eigenvalue weighted by atomic mass is 10.2. The molecule has 0 radical (unpaired) electrons. The number of amides is 1. The highest BCUT2D eigenvalue weighted by atomic mass is 79.9. The van der Waals surface area contributed by atoms with Gasteiger partial charge in [0.1, 0.15) is 11.6 Å². The fourth-order valence-electron chi connectivity index (χ4n) is 1.69. The molecule has 0 heterocycles. The Balaban J connectivity index is 2.02. The van der Waals surface area contributed by atoms with Crippen molar-refractivity contribution < 1.29 is 13.9 Å². The van der Waals surface area contributed by atoms with Crippen molar-refractivity contribution in [3.63, 3.8) is 0 Å². The summed E-state index contributed by atoms with van der Waals surface area (Å²) < 4.78 is 19.3. The molecule has 0 aliphatic carbocycles. The minimum absolute atomic E-state index is 0.0212. The zero-order valence-electron chi connectivity index (χ0n) is 10.8. The maximum atomic E-state index is 13.5. The van der Waals surface area contributed by atoms with Gasteiger partial charge in [-0.25, -0.2) is 4.39 Å². The van der Waals surface area contributed by atoms with Crippen molar-refractivity contribution in [2.24, 2.45) is 0 Å². The van der Waals surface area contributed by atoms with Gasteiger partial charge in [-0.1, -0.05) is 28.1 Å². The van der Waals surface area contributed by atoms with Gasteiger partial charge in [0, 0.05) is 11.0 Å². The van der Waals surface area contributed by atoms with E-state index in [-0.39, 0.29) is 5.56 Å². The van der Waals surface area contributed by atoms with Crippen LogP contribution in [0.3, 0.4) is 0 Å². The van der Waals surface area contributed by atoms with Crippen molar-refractivity contribution in [3.8, 4) is 5.75 Å². The van der Waals surface area contributed by atoms with Gasteiger partial charge in [0.25, 0.3) is 5.91 Å². The van der Waals surface area contributed by atoms with Gasteiger partial charge in [0.05, 0.1) is 12.7 Å². The van der Waals surface area contributed by atoms with E-state index in [0.717, 1.165) is 11.3 Å². The molecule has 0 atom stereocenters. The summed E-state index contributed by atoms with van der Waals surface area (Å²) >= 11 is 3.22. The van der Waals surface area contributed by atoms with Gasteiger partial charge in [0.2, 0.25) is 0 Å². The Kier molecular flexibility index (Phi) is 4.74. The minimum Gasteiger partial charge on any atom is -0.497 e. The Labute approximate surface area is 124 Å². The monoisotopic (exact) mass is 337 g/mol. The summed E-state index contributed by atoms with van der Waals surface area (Å²) in [6, 6.07) is 11.6. The van der Waals surface area contributed by atoms with Crippen LogP contribution in [0.4, 0.5) is 4.39 Å². The van der Waals surface area contributed by atoms with Crippen molar-refractivity contribution >= 4 is 21.8 Å². The van der Waals surface area contributed by atoms with E-state index >= 15 is 0 Å². The molecule has 2 aromatic carbocycles.